The van der Waals surface area contributed by atoms with E-state index in [1.54, 1.807) is 0 Å². The van der Waals surface area contributed by atoms with Crippen molar-refractivity contribution in [2.24, 2.45) is 0 Å². The summed E-state index contributed by atoms with van der Waals surface area (Å²) in [4.78, 5) is 0. The van der Waals surface area contributed by atoms with Gasteiger partial charge in [-0.3, -0.25) is 0 Å². The maximum absolute atomic E-state index is 6.42. The first kappa shape index (κ1) is 11.0. The highest BCUT2D eigenvalue weighted by molar-refractivity contribution is 6.20. The average Bonchev–Trinajstić information content (AvgIpc) is 2.42. The normalized spacial score (nSPS) is 20.8. The SMILES string of the molecule is CCCc1ccc2c(c1)C(Cl)CCCC2. The van der Waals surface area contributed by atoms with Crippen molar-refractivity contribution < 1.29 is 0 Å². The van der Waals surface area contributed by atoms with Gasteiger partial charge >= 0.3 is 0 Å². The second kappa shape index (κ2) is 5.03. The van der Waals surface area contributed by atoms with Crippen molar-refractivity contribution in [2.75, 3.05) is 0 Å². The van der Waals surface area contributed by atoms with E-state index in [1.807, 2.05) is 0 Å². The predicted molar refractivity (Wildman–Crippen MR) is 66.6 cm³/mol. The summed E-state index contributed by atoms with van der Waals surface area (Å²) in [5, 5.41) is 0.249. The van der Waals surface area contributed by atoms with Crippen LogP contribution in [0.2, 0.25) is 0 Å². The zero-order valence-electron chi connectivity index (χ0n) is 9.43. The Kier molecular flexibility index (Phi) is 3.69. The maximum Gasteiger partial charge on any atom is 0.0588 e. The predicted octanol–water partition coefficient (Wildman–Crippen LogP) is 4.65. The van der Waals surface area contributed by atoms with Gasteiger partial charge in [0.25, 0.3) is 0 Å². The third-order valence-corrected chi connectivity index (χ3v) is 3.69. The molecule has 1 aromatic rings. The first-order valence-corrected chi connectivity index (χ1v) is 6.50. The number of benzene rings is 1. The Morgan fingerprint density at radius 2 is 2.20 bits per heavy atom. The van der Waals surface area contributed by atoms with Gasteiger partial charge < -0.3 is 0 Å². The van der Waals surface area contributed by atoms with Crippen LogP contribution in [-0.2, 0) is 12.8 Å². The molecule has 0 heterocycles. The van der Waals surface area contributed by atoms with Gasteiger partial charge in [-0.15, -0.1) is 11.6 Å². The molecular formula is C14H19Cl. The number of aryl methyl sites for hydroxylation is 2. The molecule has 0 spiro atoms. The Bertz CT molecular complexity index is 330. The summed E-state index contributed by atoms with van der Waals surface area (Å²) in [6, 6.07) is 6.90. The van der Waals surface area contributed by atoms with Crippen LogP contribution in [0.3, 0.4) is 0 Å². The van der Waals surface area contributed by atoms with E-state index in [4.69, 9.17) is 11.6 Å². The number of hydrogen-bond donors (Lipinski definition) is 0. The van der Waals surface area contributed by atoms with Crippen LogP contribution >= 0.6 is 11.6 Å². The third-order valence-electron chi connectivity index (χ3n) is 3.24. The molecule has 1 aliphatic rings. The number of fused-ring (bicyclic) bond motifs is 1. The largest absolute Gasteiger partial charge is 0.118 e. The van der Waals surface area contributed by atoms with Crippen molar-refractivity contribution in [3.05, 3.63) is 34.9 Å². The smallest absolute Gasteiger partial charge is 0.0588 e. The van der Waals surface area contributed by atoms with Gasteiger partial charge in [0.15, 0.2) is 0 Å². The zero-order chi connectivity index (χ0) is 10.7. The van der Waals surface area contributed by atoms with Crippen LogP contribution in [0, 0.1) is 0 Å². The lowest BCUT2D eigenvalue weighted by atomic mass is 9.98. The molecule has 1 heteroatoms. The first-order chi connectivity index (χ1) is 7.31. The molecule has 0 fully saturated rings. The number of rotatable bonds is 2. The lowest BCUT2D eigenvalue weighted by molar-refractivity contribution is 0.699. The van der Waals surface area contributed by atoms with Crippen molar-refractivity contribution >= 4 is 11.6 Å². The Hall–Kier alpha value is -0.490. The lowest BCUT2D eigenvalue weighted by Gasteiger charge is -2.12. The summed E-state index contributed by atoms with van der Waals surface area (Å²) >= 11 is 6.42. The molecule has 15 heavy (non-hydrogen) atoms. The first-order valence-electron chi connectivity index (χ1n) is 6.07. The molecule has 1 aliphatic carbocycles. The summed E-state index contributed by atoms with van der Waals surface area (Å²) in [7, 11) is 0. The molecule has 0 radical (unpaired) electrons. The van der Waals surface area contributed by atoms with Crippen molar-refractivity contribution in [3.63, 3.8) is 0 Å². The van der Waals surface area contributed by atoms with Crippen molar-refractivity contribution in [1.29, 1.82) is 0 Å². The number of halogens is 1. The second-order valence-electron chi connectivity index (χ2n) is 4.50. The Labute approximate surface area is 97.6 Å². The lowest BCUT2D eigenvalue weighted by Crippen LogP contribution is -1.96. The minimum atomic E-state index is 0.249. The monoisotopic (exact) mass is 222 g/mol. The summed E-state index contributed by atoms with van der Waals surface area (Å²) in [6.45, 7) is 2.23. The molecular weight excluding hydrogens is 204 g/mol. The minimum absolute atomic E-state index is 0.249. The van der Waals surface area contributed by atoms with Crippen molar-refractivity contribution in [1.82, 2.24) is 0 Å². The van der Waals surface area contributed by atoms with Gasteiger partial charge in [-0.25, -0.2) is 0 Å². The zero-order valence-corrected chi connectivity index (χ0v) is 10.2. The van der Waals surface area contributed by atoms with Gasteiger partial charge in [-0.2, -0.15) is 0 Å². The average molecular weight is 223 g/mol. The Morgan fingerprint density at radius 1 is 1.33 bits per heavy atom. The van der Waals surface area contributed by atoms with Crippen LogP contribution in [0.15, 0.2) is 18.2 Å². The van der Waals surface area contributed by atoms with E-state index in [-0.39, 0.29) is 5.38 Å². The molecule has 0 saturated carbocycles. The summed E-state index contributed by atoms with van der Waals surface area (Å²) in [6.07, 6.45) is 7.31. The molecule has 1 aromatic carbocycles. The highest BCUT2D eigenvalue weighted by atomic mass is 35.5. The van der Waals surface area contributed by atoms with Gasteiger partial charge in [-0.05, 0) is 42.4 Å². The topological polar surface area (TPSA) is 0 Å². The van der Waals surface area contributed by atoms with Gasteiger partial charge in [-0.1, -0.05) is 38.0 Å². The van der Waals surface area contributed by atoms with E-state index in [0.29, 0.717) is 0 Å². The fourth-order valence-corrected chi connectivity index (χ4v) is 2.76. The van der Waals surface area contributed by atoms with Crippen LogP contribution in [0.25, 0.3) is 0 Å². The fraction of sp³-hybridized carbons (Fsp3) is 0.571. The van der Waals surface area contributed by atoms with Crippen LogP contribution in [0.5, 0.6) is 0 Å². The molecule has 82 valence electrons. The third kappa shape index (κ3) is 2.55. The minimum Gasteiger partial charge on any atom is -0.118 e. The summed E-state index contributed by atoms with van der Waals surface area (Å²) < 4.78 is 0. The molecule has 0 saturated heterocycles. The maximum atomic E-state index is 6.42. The number of hydrogen-bond acceptors (Lipinski definition) is 0. The van der Waals surface area contributed by atoms with Gasteiger partial charge in [0.2, 0.25) is 0 Å². The highest BCUT2D eigenvalue weighted by Crippen LogP contribution is 2.34. The van der Waals surface area contributed by atoms with E-state index >= 15 is 0 Å². The summed E-state index contributed by atoms with van der Waals surface area (Å²) in [5.74, 6) is 0. The van der Waals surface area contributed by atoms with Gasteiger partial charge in [0.05, 0.1) is 5.38 Å². The van der Waals surface area contributed by atoms with E-state index in [9.17, 15) is 0 Å². The Morgan fingerprint density at radius 3 is 3.00 bits per heavy atom. The standard InChI is InChI=1S/C14H19Cl/c1-2-5-11-8-9-12-6-3-4-7-14(15)13(12)10-11/h8-10,14H,2-7H2,1H3. The molecule has 0 aromatic heterocycles. The van der Waals surface area contributed by atoms with Crippen LogP contribution in [0.4, 0.5) is 0 Å². The molecule has 0 nitrogen and oxygen atoms in total. The fourth-order valence-electron chi connectivity index (χ4n) is 2.40. The van der Waals surface area contributed by atoms with E-state index < -0.39 is 0 Å². The van der Waals surface area contributed by atoms with E-state index in [0.717, 1.165) is 6.42 Å². The number of alkyl halides is 1. The van der Waals surface area contributed by atoms with Gasteiger partial charge in [0, 0.05) is 0 Å². The molecule has 0 amide bonds. The van der Waals surface area contributed by atoms with Crippen LogP contribution < -0.4 is 0 Å². The molecule has 0 N–H and O–H groups in total. The van der Waals surface area contributed by atoms with Crippen molar-refractivity contribution in [2.45, 2.75) is 50.8 Å². The van der Waals surface area contributed by atoms with E-state index in [1.165, 1.54) is 48.8 Å². The van der Waals surface area contributed by atoms with Crippen LogP contribution in [0.1, 0.15) is 54.7 Å². The molecule has 2 rings (SSSR count). The van der Waals surface area contributed by atoms with Gasteiger partial charge in [0.1, 0.15) is 0 Å². The van der Waals surface area contributed by atoms with E-state index in [2.05, 4.69) is 25.1 Å². The second-order valence-corrected chi connectivity index (χ2v) is 5.02. The molecule has 1 unspecified atom stereocenters. The molecule has 1 atom stereocenters. The van der Waals surface area contributed by atoms with Crippen molar-refractivity contribution in [3.8, 4) is 0 Å². The Balaban J connectivity index is 2.31. The molecule has 0 bridgehead atoms. The summed E-state index contributed by atoms with van der Waals surface area (Å²) in [5.41, 5.74) is 4.33. The van der Waals surface area contributed by atoms with Crippen LogP contribution in [-0.4, -0.2) is 0 Å². The molecule has 0 aliphatic heterocycles. The highest BCUT2D eigenvalue weighted by Gasteiger charge is 2.16. The quantitative estimate of drug-likeness (QED) is 0.505.